The summed E-state index contributed by atoms with van der Waals surface area (Å²) in [6, 6.07) is 24.9. The number of fused-ring (bicyclic) bond motifs is 1. The van der Waals surface area contributed by atoms with Gasteiger partial charge in [-0.2, -0.15) is 0 Å². The Labute approximate surface area is 221 Å². The fraction of sp³-hybridized carbons (Fsp3) is 0.300. The van der Waals surface area contributed by atoms with E-state index in [1.165, 1.54) is 0 Å². The van der Waals surface area contributed by atoms with E-state index in [1.807, 2.05) is 90.7 Å². The van der Waals surface area contributed by atoms with Crippen molar-refractivity contribution in [2.24, 2.45) is 5.92 Å². The van der Waals surface area contributed by atoms with Gasteiger partial charge in [-0.25, -0.2) is 4.98 Å². The molecule has 1 fully saturated rings. The molecule has 0 radical (unpaired) electrons. The maximum absolute atomic E-state index is 14.2. The lowest BCUT2D eigenvalue weighted by Gasteiger charge is -2.34. The summed E-state index contributed by atoms with van der Waals surface area (Å²) in [5, 5.41) is 0.667. The van der Waals surface area contributed by atoms with Crippen molar-refractivity contribution in [2.45, 2.75) is 32.2 Å². The molecule has 190 valence electrons. The Balaban J connectivity index is 1.54. The van der Waals surface area contributed by atoms with Crippen LogP contribution in [0.15, 0.2) is 78.9 Å². The number of ether oxygens (including phenoxy) is 1. The number of piperidine rings is 1. The van der Waals surface area contributed by atoms with Gasteiger partial charge in [0.2, 0.25) is 5.91 Å². The van der Waals surface area contributed by atoms with E-state index in [0.29, 0.717) is 44.0 Å². The maximum Gasteiger partial charge on any atom is 0.309 e. The highest BCUT2D eigenvalue weighted by atomic mass is 35.5. The Morgan fingerprint density at radius 3 is 2.46 bits per heavy atom. The number of likely N-dealkylation sites (tertiary alicyclic amines) is 1. The monoisotopic (exact) mass is 515 g/mol. The van der Waals surface area contributed by atoms with E-state index in [-0.39, 0.29) is 17.8 Å². The van der Waals surface area contributed by atoms with E-state index in [1.54, 1.807) is 0 Å². The topological polar surface area (TPSA) is 64.4 Å². The van der Waals surface area contributed by atoms with Crippen LogP contribution in [0.5, 0.6) is 0 Å². The molecule has 1 aromatic heterocycles. The highest BCUT2D eigenvalue weighted by Gasteiger charge is 2.34. The molecule has 0 bridgehead atoms. The second-order valence-corrected chi connectivity index (χ2v) is 9.79. The maximum atomic E-state index is 14.2. The third-order valence-corrected chi connectivity index (χ3v) is 7.19. The van der Waals surface area contributed by atoms with Crippen molar-refractivity contribution in [1.29, 1.82) is 0 Å². The van der Waals surface area contributed by atoms with Gasteiger partial charge in [0.1, 0.15) is 11.9 Å². The number of benzene rings is 3. The minimum atomic E-state index is -0.582. The normalized spacial score (nSPS) is 15.0. The van der Waals surface area contributed by atoms with E-state index >= 15 is 0 Å². The highest BCUT2D eigenvalue weighted by molar-refractivity contribution is 6.30. The fourth-order valence-corrected chi connectivity index (χ4v) is 5.36. The zero-order chi connectivity index (χ0) is 25.8. The summed E-state index contributed by atoms with van der Waals surface area (Å²) < 4.78 is 7.29. The molecule has 3 aromatic carbocycles. The molecule has 0 unspecified atom stereocenters. The third-order valence-electron chi connectivity index (χ3n) is 6.95. The molecule has 1 amide bonds. The van der Waals surface area contributed by atoms with Crippen LogP contribution in [0.25, 0.3) is 11.0 Å². The second kappa shape index (κ2) is 11.2. The van der Waals surface area contributed by atoms with Gasteiger partial charge in [-0.1, -0.05) is 66.2 Å². The number of para-hydroxylation sites is 2. The number of hydrogen-bond acceptors (Lipinski definition) is 4. The summed E-state index contributed by atoms with van der Waals surface area (Å²) in [6.45, 7) is 3.22. The highest BCUT2D eigenvalue weighted by Crippen LogP contribution is 2.31. The molecule has 1 atom stereocenters. The molecule has 4 aromatic rings. The molecule has 37 heavy (non-hydrogen) atoms. The average Bonchev–Trinajstić information content (AvgIpc) is 3.27. The van der Waals surface area contributed by atoms with E-state index in [2.05, 4.69) is 4.57 Å². The standard InChI is InChI=1S/C30H30ClN3O3/c1-2-37-30(36)23-15-17-33(18-16-23)29(35)28(22-10-4-3-5-11-22)34-26-14-7-6-13-25(26)32-27(34)20-21-9-8-12-24(31)19-21/h3-14,19,23,28H,2,15-18,20H2,1H3/t28-/m0/s1. The quantitative estimate of drug-likeness (QED) is 0.297. The molecule has 0 N–H and O–H groups in total. The zero-order valence-electron chi connectivity index (χ0n) is 20.8. The minimum absolute atomic E-state index is 0.00371. The van der Waals surface area contributed by atoms with Gasteiger partial charge in [-0.15, -0.1) is 0 Å². The number of hydrogen-bond donors (Lipinski definition) is 0. The van der Waals surface area contributed by atoms with E-state index in [9.17, 15) is 9.59 Å². The lowest BCUT2D eigenvalue weighted by atomic mass is 9.95. The molecule has 2 heterocycles. The van der Waals surface area contributed by atoms with Crippen LogP contribution in [0.1, 0.15) is 42.8 Å². The van der Waals surface area contributed by atoms with Crippen LogP contribution in [0, 0.1) is 5.92 Å². The van der Waals surface area contributed by atoms with Crippen molar-refractivity contribution in [1.82, 2.24) is 14.5 Å². The predicted octanol–water partition coefficient (Wildman–Crippen LogP) is 5.67. The van der Waals surface area contributed by atoms with Crippen LogP contribution in [0.4, 0.5) is 0 Å². The number of amides is 1. The fourth-order valence-electron chi connectivity index (χ4n) is 5.14. The average molecular weight is 516 g/mol. The van der Waals surface area contributed by atoms with Crippen LogP contribution < -0.4 is 0 Å². The molecule has 0 spiro atoms. The summed E-state index contributed by atoms with van der Waals surface area (Å²) in [5.41, 5.74) is 3.67. The number of carbonyl (C=O) groups is 2. The second-order valence-electron chi connectivity index (χ2n) is 9.36. The van der Waals surface area contributed by atoms with Gasteiger partial charge >= 0.3 is 5.97 Å². The molecular formula is C30H30ClN3O3. The number of nitrogens with zero attached hydrogens (tertiary/aromatic N) is 3. The smallest absolute Gasteiger partial charge is 0.309 e. The number of esters is 1. The summed E-state index contributed by atoms with van der Waals surface area (Å²) in [4.78, 5) is 33.3. The van der Waals surface area contributed by atoms with Gasteiger partial charge < -0.3 is 14.2 Å². The van der Waals surface area contributed by atoms with E-state index in [4.69, 9.17) is 21.3 Å². The van der Waals surface area contributed by atoms with Crippen LogP contribution >= 0.6 is 11.6 Å². The molecule has 6 nitrogen and oxygen atoms in total. The Morgan fingerprint density at radius 2 is 1.73 bits per heavy atom. The Morgan fingerprint density at radius 1 is 1.00 bits per heavy atom. The molecule has 7 heteroatoms. The van der Waals surface area contributed by atoms with Gasteiger partial charge in [0, 0.05) is 24.5 Å². The molecule has 0 aliphatic carbocycles. The largest absolute Gasteiger partial charge is 0.466 e. The molecule has 5 rings (SSSR count). The Kier molecular flexibility index (Phi) is 7.56. The van der Waals surface area contributed by atoms with Crippen LogP contribution in [0.3, 0.4) is 0 Å². The SMILES string of the molecule is CCOC(=O)C1CCN(C(=O)[C@H](c2ccccc2)n2c(Cc3cccc(Cl)c3)nc3ccccc32)CC1. The number of halogens is 1. The number of carbonyl (C=O) groups excluding carboxylic acids is 2. The van der Waals surface area contributed by atoms with Crippen molar-refractivity contribution >= 4 is 34.5 Å². The minimum Gasteiger partial charge on any atom is -0.466 e. The Hall–Kier alpha value is -3.64. The van der Waals surface area contributed by atoms with Gasteiger partial charge in [-0.05, 0) is 55.2 Å². The third kappa shape index (κ3) is 5.39. The first kappa shape index (κ1) is 25.0. The lowest BCUT2D eigenvalue weighted by molar-refractivity contribution is -0.151. The van der Waals surface area contributed by atoms with Crippen molar-refractivity contribution in [3.05, 3.63) is 101 Å². The molecule has 1 aliphatic rings. The van der Waals surface area contributed by atoms with Gasteiger partial charge in [0.05, 0.1) is 23.6 Å². The van der Waals surface area contributed by atoms with Crippen LogP contribution in [-0.4, -0.2) is 46.0 Å². The van der Waals surface area contributed by atoms with Gasteiger partial charge in [0.15, 0.2) is 0 Å². The van der Waals surface area contributed by atoms with Gasteiger partial charge in [-0.3, -0.25) is 9.59 Å². The first-order valence-electron chi connectivity index (χ1n) is 12.8. The molecular weight excluding hydrogens is 486 g/mol. The van der Waals surface area contributed by atoms with E-state index < -0.39 is 6.04 Å². The van der Waals surface area contributed by atoms with Crippen LogP contribution in [-0.2, 0) is 20.7 Å². The zero-order valence-corrected chi connectivity index (χ0v) is 21.6. The Bertz CT molecular complexity index is 1390. The number of aromatic nitrogens is 2. The number of imidazole rings is 1. The molecule has 0 saturated carbocycles. The summed E-state index contributed by atoms with van der Waals surface area (Å²) >= 11 is 6.27. The van der Waals surface area contributed by atoms with E-state index in [0.717, 1.165) is 28.0 Å². The van der Waals surface area contributed by atoms with Crippen molar-refractivity contribution < 1.29 is 14.3 Å². The summed E-state index contributed by atoms with van der Waals surface area (Å²) in [7, 11) is 0. The van der Waals surface area contributed by atoms with Crippen LogP contribution in [0.2, 0.25) is 5.02 Å². The van der Waals surface area contributed by atoms with Crippen molar-refractivity contribution in [2.75, 3.05) is 19.7 Å². The number of rotatable bonds is 7. The summed E-state index contributed by atoms with van der Waals surface area (Å²) in [5.74, 6) is 0.473. The van der Waals surface area contributed by atoms with Gasteiger partial charge in [0.25, 0.3) is 0 Å². The van der Waals surface area contributed by atoms with Crippen molar-refractivity contribution in [3.8, 4) is 0 Å². The predicted molar refractivity (Wildman–Crippen MR) is 145 cm³/mol. The molecule has 1 saturated heterocycles. The molecule has 1 aliphatic heterocycles. The van der Waals surface area contributed by atoms with Crippen molar-refractivity contribution in [3.63, 3.8) is 0 Å². The lowest BCUT2D eigenvalue weighted by Crippen LogP contribution is -2.44. The first-order valence-corrected chi connectivity index (χ1v) is 13.1. The summed E-state index contributed by atoms with van der Waals surface area (Å²) in [6.07, 6.45) is 1.75. The first-order chi connectivity index (χ1) is 18.0.